The van der Waals surface area contributed by atoms with Crippen LogP contribution in [0.1, 0.15) is 25.1 Å². The molecule has 0 bridgehead atoms. The van der Waals surface area contributed by atoms with Gasteiger partial charge in [-0.15, -0.1) is 11.3 Å². The van der Waals surface area contributed by atoms with Gasteiger partial charge in [0, 0.05) is 23.0 Å². The number of aliphatic hydroxyl groups is 1. The normalized spacial score (nSPS) is 15.5. The van der Waals surface area contributed by atoms with Crippen molar-refractivity contribution in [2.45, 2.75) is 26.7 Å². The summed E-state index contributed by atoms with van der Waals surface area (Å²) in [5, 5.41) is 9.53. The quantitative estimate of drug-likeness (QED) is 0.778. The minimum atomic E-state index is -0.166. The lowest BCUT2D eigenvalue weighted by Crippen LogP contribution is -2.37. The third-order valence-corrected chi connectivity index (χ3v) is 3.42. The zero-order valence-corrected chi connectivity index (χ0v) is 10.3. The average molecular weight is 228 g/mol. The van der Waals surface area contributed by atoms with E-state index in [4.69, 9.17) is 5.73 Å². The van der Waals surface area contributed by atoms with Gasteiger partial charge in [0.25, 0.3) is 0 Å². The van der Waals surface area contributed by atoms with Gasteiger partial charge in [-0.2, -0.15) is 0 Å². The van der Waals surface area contributed by atoms with Crippen molar-refractivity contribution in [3.8, 4) is 0 Å². The van der Waals surface area contributed by atoms with Gasteiger partial charge < -0.3 is 10.8 Å². The van der Waals surface area contributed by atoms with E-state index >= 15 is 0 Å². The second-order valence-corrected chi connectivity index (χ2v) is 5.58. The molecule has 0 radical (unpaired) electrons. The molecule has 0 aliphatic rings. The van der Waals surface area contributed by atoms with Crippen LogP contribution in [0.2, 0.25) is 0 Å². The molecular weight excluding hydrogens is 208 g/mol. The lowest BCUT2D eigenvalue weighted by molar-refractivity contribution is 0.108. The van der Waals surface area contributed by atoms with E-state index in [9.17, 15) is 5.11 Å². The zero-order valence-electron chi connectivity index (χ0n) is 9.44. The number of hydrogen-bond donors (Lipinski definition) is 2. The van der Waals surface area contributed by atoms with Crippen molar-refractivity contribution < 1.29 is 5.11 Å². The fourth-order valence-electron chi connectivity index (χ4n) is 1.98. The highest BCUT2D eigenvalue weighted by atomic mass is 32.1. The summed E-state index contributed by atoms with van der Waals surface area (Å²) in [6.07, 6.45) is 3.66. The van der Waals surface area contributed by atoms with Crippen molar-refractivity contribution in [3.05, 3.63) is 16.6 Å². The number of nitrogens with zero attached hydrogens (tertiary/aromatic N) is 1. The van der Waals surface area contributed by atoms with E-state index in [0.29, 0.717) is 12.5 Å². The fraction of sp³-hybridized carbons (Fsp3) is 0.727. The Hall–Kier alpha value is -0.450. The van der Waals surface area contributed by atoms with Gasteiger partial charge >= 0.3 is 0 Å². The third kappa shape index (κ3) is 3.55. The molecule has 0 spiro atoms. The highest BCUT2D eigenvalue weighted by Gasteiger charge is 2.29. The van der Waals surface area contributed by atoms with Gasteiger partial charge in [-0.25, -0.2) is 0 Å². The van der Waals surface area contributed by atoms with Crippen molar-refractivity contribution in [1.82, 2.24) is 4.98 Å². The summed E-state index contributed by atoms with van der Waals surface area (Å²) in [6, 6.07) is 0. The molecule has 15 heavy (non-hydrogen) atoms. The lowest BCUT2D eigenvalue weighted by Gasteiger charge is -2.31. The molecule has 0 aliphatic heterocycles. The Bertz CT molecular complexity index is 268. The summed E-state index contributed by atoms with van der Waals surface area (Å²) in [4.78, 5) is 5.25. The number of thiazole rings is 1. The minimum absolute atomic E-state index is 0.152. The Morgan fingerprint density at radius 1 is 1.60 bits per heavy atom. The van der Waals surface area contributed by atoms with E-state index in [0.717, 1.165) is 12.8 Å². The number of aliphatic hydroxyl groups excluding tert-OH is 1. The van der Waals surface area contributed by atoms with Gasteiger partial charge in [0.2, 0.25) is 0 Å². The SMILES string of the molecule is CC(C)CC(CN)(CO)Cc1cncs1. The van der Waals surface area contributed by atoms with Crippen molar-refractivity contribution in [2.75, 3.05) is 13.2 Å². The summed E-state index contributed by atoms with van der Waals surface area (Å²) >= 11 is 1.63. The molecule has 0 fully saturated rings. The number of nitrogens with two attached hydrogens (primary N) is 1. The first kappa shape index (κ1) is 12.6. The highest BCUT2D eigenvalue weighted by molar-refractivity contribution is 7.09. The van der Waals surface area contributed by atoms with E-state index in [1.807, 2.05) is 11.7 Å². The van der Waals surface area contributed by atoms with Crippen molar-refractivity contribution in [3.63, 3.8) is 0 Å². The van der Waals surface area contributed by atoms with Crippen LogP contribution in [0, 0.1) is 11.3 Å². The second kappa shape index (κ2) is 5.58. The summed E-state index contributed by atoms with van der Waals surface area (Å²) < 4.78 is 0. The predicted molar refractivity (Wildman–Crippen MR) is 63.8 cm³/mol. The largest absolute Gasteiger partial charge is 0.396 e. The first-order valence-electron chi connectivity index (χ1n) is 5.30. The van der Waals surface area contributed by atoms with Gasteiger partial charge in [-0.05, 0) is 18.8 Å². The van der Waals surface area contributed by atoms with Crippen LogP contribution in [0.25, 0.3) is 0 Å². The van der Waals surface area contributed by atoms with E-state index in [1.165, 1.54) is 4.88 Å². The Morgan fingerprint density at radius 3 is 2.73 bits per heavy atom. The van der Waals surface area contributed by atoms with Crippen LogP contribution in [-0.2, 0) is 6.42 Å². The van der Waals surface area contributed by atoms with Gasteiger partial charge in [0.05, 0.1) is 12.1 Å². The molecular formula is C11H20N2OS. The van der Waals surface area contributed by atoms with E-state index in [2.05, 4.69) is 18.8 Å². The molecule has 1 rings (SSSR count). The summed E-state index contributed by atoms with van der Waals surface area (Å²) in [6.45, 7) is 5.00. The van der Waals surface area contributed by atoms with Gasteiger partial charge in [-0.1, -0.05) is 13.8 Å². The van der Waals surface area contributed by atoms with Crippen molar-refractivity contribution in [1.29, 1.82) is 0 Å². The average Bonchev–Trinajstić information content (AvgIpc) is 2.68. The van der Waals surface area contributed by atoms with Gasteiger partial charge in [0.1, 0.15) is 0 Å². The number of hydrogen-bond acceptors (Lipinski definition) is 4. The number of aromatic nitrogens is 1. The summed E-state index contributed by atoms with van der Waals surface area (Å²) in [5.41, 5.74) is 7.46. The molecule has 0 aromatic carbocycles. The summed E-state index contributed by atoms with van der Waals surface area (Å²) in [7, 11) is 0. The molecule has 1 aromatic heterocycles. The smallest absolute Gasteiger partial charge is 0.0794 e. The molecule has 1 atom stereocenters. The lowest BCUT2D eigenvalue weighted by atomic mass is 9.78. The predicted octanol–water partition coefficient (Wildman–Crippen LogP) is 1.67. The molecule has 1 aromatic rings. The topological polar surface area (TPSA) is 59.1 Å². The van der Waals surface area contributed by atoms with E-state index in [-0.39, 0.29) is 12.0 Å². The van der Waals surface area contributed by atoms with Crippen LogP contribution in [0.4, 0.5) is 0 Å². The standard InChI is InChI=1S/C11H20N2OS/c1-9(2)3-11(6-12,7-14)4-10-5-13-8-15-10/h5,8-9,14H,3-4,6-7,12H2,1-2H3. The Kier molecular flexibility index (Phi) is 4.70. The molecule has 1 unspecified atom stereocenters. The third-order valence-electron chi connectivity index (χ3n) is 2.64. The van der Waals surface area contributed by atoms with Crippen LogP contribution >= 0.6 is 11.3 Å². The molecule has 3 N–H and O–H groups in total. The fourth-order valence-corrected chi connectivity index (χ4v) is 2.75. The molecule has 0 saturated heterocycles. The minimum Gasteiger partial charge on any atom is -0.396 e. The molecule has 0 aliphatic carbocycles. The maximum atomic E-state index is 9.53. The van der Waals surface area contributed by atoms with Gasteiger partial charge in [-0.3, -0.25) is 4.98 Å². The van der Waals surface area contributed by atoms with Crippen LogP contribution < -0.4 is 5.73 Å². The Balaban J connectivity index is 2.71. The Labute approximate surface area is 95.3 Å². The Morgan fingerprint density at radius 2 is 2.33 bits per heavy atom. The van der Waals surface area contributed by atoms with Crippen LogP contribution in [-0.4, -0.2) is 23.2 Å². The van der Waals surface area contributed by atoms with Crippen molar-refractivity contribution in [2.24, 2.45) is 17.1 Å². The molecule has 0 saturated carbocycles. The maximum Gasteiger partial charge on any atom is 0.0794 e. The van der Waals surface area contributed by atoms with E-state index in [1.54, 1.807) is 11.3 Å². The van der Waals surface area contributed by atoms with Crippen LogP contribution in [0.15, 0.2) is 11.7 Å². The monoisotopic (exact) mass is 228 g/mol. The zero-order chi connectivity index (χ0) is 11.3. The highest BCUT2D eigenvalue weighted by Crippen LogP contribution is 2.30. The first-order valence-corrected chi connectivity index (χ1v) is 6.18. The van der Waals surface area contributed by atoms with Crippen molar-refractivity contribution >= 4 is 11.3 Å². The molecule has 1 heterocycles. The maximum absolute atomic E-state index is 9.53. The molecule has 86 valence electrons. The van der Waals surface area contributed by atoms with Crippen LogP contribution in [0.3, 0.4) is 0 Å². The molecule has 0 amide bonds. The first-order chi connectivity index (χ1) is 7.12. The molecule has 4 heteroatoms. The van der Waals surface area contributed by atoms with Crippen LogP contribution in [0.5, 0.6) is 0 Å². The second-order valence-electron chi connectivity index (χ2n) is 4.60. The number of rotatable bonds is 6. The van der Waals surface area contributed by atoms with Gasteiger partial charge in [0.15, 0.2) is 0 Å². The van der Waals surface area contributed by atoms with E-state index < -0.39 is 0 Å². The summed E-state index contributed by atoms with van der Waals surface area (Å²) in [5.74, 6) is 0.550. The molecule has 3 nitrogen and oxygen atoms in total.